The molecule has 2 N–H and O–H groups in total. The third kappa shape index (κ3) is 5.82. The monoisotopic (exact) mass is 249 g/mol. The lowest BCUT2D eigenvalue weighted by Gasteiger charge is -2.14. The number of carboxylic acids is 1. The maximum Gasteiger partial charge on any atom is 0.321 e. The third-order valence-electron chi connectivity index (χ3n) is 3.00. The van der Waals surface area contributed by atoms with Gasteiger partial charge in [-0.25, -0.2) is 0 Å². The standard InChI is InChI=1S/C15H23NO2/c1-2-3-4-8-11-16-14(15(17)18)12-13-9-6-5-7-10-13/h5-7,9-10,14,16H,2-4,8,11-12H2,1H3,(H,17,18)/t14-/m0/s1. The zero-order chi connectivity index (χ0) is 13.2. The molecule has 0 radical (unpaired) electrons. The second-order valence-corrected chi connectivity index (χ2v) is 4.60. The van der Waals surface area contributed by atoms with Crippen molar-refractivity contribution in [2.75, 3.05) is 6.54 Å². The van der Waals surface area contributed by atoms with E-state index >= 15 is 0 Å². The minimum atomic E-state index is -0.769. The van der Waals surface area contributed by atoms with Crippen LogP contribution >= 0.6 is 0 Å². The topological polar surface area (TPSA) is 49.3 Å². The summed E-state index contributed by atoms with van der Waals surface area (Å²) in [5, 5.41) is 12.3. The number of hydrogen-bond acceptors (Lipinski definition) is 2. The lowest BCUT2D eigenvalue weighted by molar-refractivity contribution is -0.139. The fourth-order valence-electron chi connectivity index (χ4n) is 1.92. The zero-order valence-electron chi connectivity index (χ0n) is 11.1. The Morgan fingerprint density at radius 3 is 2.56 bits per heavy atom. The van der Waals surface area contributed by atoms with E-state index in [1.54, 1.807) is 0 Å². The van der Waals surface area contributed by atoms with Gasteiger partial charge in [-0.3, -0.25) is 4.79 Å². The maximum absolute atomic E-state index is 11.2. The molecule has 0 amide bonds. The van der Waals surface area contributed by atoms with Gasteiger partial charge in [0.15, 0.2) is 0 Å². The Labute approximate surface area is 109 Å². The van der Waals surface area contributed by atoms with Crippen LogP contribution in [0, 0.1) is 0 Å². The van der Waals surface area contributed by atoms with Gasteiger partial charge in [0.1, 0.15) is 6.04 Å². The summed E-state index contributed by atoms with van der Waals surface area (Å²) in [7, 11) is 0. The molecule has 100 valence electrons. The maximum atomic E-state index is 11.2. The van der Waals surface area contributed by atoms with Crippen molar-refractivity contribution in [2.45, 2.75) is 45.1 Å². The highest BCUT2D eigenvalue weighted by Gasteiger charge is 2.16. The van der Waals surface area contributed by atoms with Gasteiger partial charge in [-0.2, -0.15) is 0 Å². The Morgan fingerprint density at radius 2 is 1.94 bits per heavy atom. The van der Waals surface area contributed by atoms with Crippen molar-refractivity contribution < 1.29 is 9.90 Å². The normalized spacial score (nSPS) is 12.3. The quantitative estimate of drug-likeness (QED) is 0.662. The molecule has 0 aliphatic heterocycles. The van der Waals surface area contributed by atoms with Crippen molar-refractivity contribution in [3.8, 4) is 0 Å². The van der Waals surface area contributed by atoms with Crippen LogP contribution in [0.4, 0.5) is 0 Å². The Balaban J connectivity index is 2.34. The summed E-state index contributed by atoms with van der Waals surface area (Å²) in [6.07, 6.45) is 5.18. The molecule has 0 spiro atoms. The number of rotatable bonds is 9. The van der Waals surface area contributed by atoms with Crippen LogP contribution in [0.25, 0.3) is 0 Å². The first kappa shape index (κ1) is 14.7. The molecule has 1 rings (SSSR count). The number of hydrogen-bond donors (Lipinski definition) is 2. The minimum absolute atomic E-state index is 0.478. The number of aliphatic carboxylic acids is 1. The van der Waals surface area contributed by atoms with Crippen molar-refractivity contribution in [3.05, 3.63) is 35.9 Å². The predicted octanol–water partition coefficient (Wildman–Crippen LogP) is 2.85. The van der Waals surface area contributed by atoms with E-state index in [4.69, 9.17) is 0 Å². The molecule has 0 bridgehead atoms. The van der Waals surface area contributed by atoms with Crippen LogP contribution in [0.3, 0.4) is 0 Å². The molecule has 0 heterocycles. The number of benzene rings is 1. The van der Waals surface area contributed by atoms with E-state index in [-0.39, 0.29) is 0 Å². The molecule has 1 atom stereocenters. The van der Waals surface area contributed by atoms with Gasteiger partial charge in [0.2, 0.25) is 0 Å². The fourth-order valence-corrected chi connectivity index (χ4v) is 1.92. The van der Waals surface area contributed by atoms with Gasteiger partial charge >= 0.3 is 5.97 Å². The van der Waals surface area contributed by atoms with Crippen LogP contribution < -0.4 is 5.32 Å². The van der Waals surface area contributed by atoms with Crippen molar-refractivity contribution in [1.29, 1.82) is 0 Å². The van der Waals surface area contributed by atoms with E-state index in [1.165, 1.54) is 19.3 Å². The highest BCUT2D eigenvalue weighted by molar-refractivity contribution is 5.73. The molecular weight excluding hydrogens is 226 g/mol. The molecule has 0 aliphatic carbocycles. The van der Waals surface area contributed by atoms with Gasteiger partial charge in [-0.1, -0.05) is 56.5 Å². The van der Waals surface area contributed by atoms with Crippen LogP contribution in [0.15, 0.2) is 30.3 Å². The van der Waals surface area contributed by atoms with Gasteiger partial charge in [0, 0.05) is 0 Å². The lowest BCUT2D eigenvalue weighted by atomic mass is 10.1. The summed E-state index contributed by atoms with van der Waals surface area (Å²) in [6, 6.07) is 9.28. The van der Waals surface area contributed by atoms with Gasteiger partial charge in [0.25, 0.3) is 0 Å². The molecule has 0 unspecified atom stereocenters. The van der Waals surface area contributed by atoms with Gasteiger partial charge in [-0.15, -0.1) is 0 Å². The Bertz CT molecular complexity index is 338. The Morgan fingerprint density at radius 1 is 1.22 bits per heavy atom. The first-order valence-corrected chi connectivity index (χ1v) is 6.74. The molecular formula is C15H23NO2. The molecule has 18 heavy (non-hydrogen) atoms. The van der Waals surface area contributed by atoms with Crippen LogP contribution in [0.2, 0.25) is 0 Å². The average molecular weight is 249 g/mol. The highest BCUT2D eigenvalue weighted by atomic mass is 16.4. The first-order valence-electron chi connectivity index (χ1n) is 6.74. The summed E-state index contributed by atoms with van der Waals surface area (Å²) >= 11 is 0. The fraction of sp³-hybridized carbons (Fsp3) is 0.533. The summed E-state index contributed by atoms with van der Waals surface area (Å²) in [5.41, 5.74) is 1.06. The summed E-state index contributed by atoms with van der Waals surface area (Å²) < 4.78 is 0. The molecule has 3 heteroatoms. The molecule has 0 aromatic heterocycles. The van der Waals surface area contributed by atoms with Crippen LogP contribution in [0.5, 0.6) is 0 Å². The highest BCUT2D eigenvalue weighted by Crippen LogP contribution is 2.04. The van der Waals surface area contributed by atoms with Crippen LogP contribution in [-0.4, -0.2) is 23.7 Å². The minimum Gasteiger partial charge on any atom is -0.480 e. The van der Waals surface area contributed by atoms with Crippen molar-refractivity contribution in [3.63, 3.8) is 0 Å². The number of carboxylic acid groups (broad SMARTS) is 1. The summed E-state index contributed by atoms with van der Waals surface area (Å²) in [6.45, 7) is 2.95. The van der Waals surface area contributed by atoms with Crippen molar-refractivity contribution in [2.24, 2.45) is 0 Å². The van der Waals surface area contributed by atoms with Crippen molar-refractivity contribution >= 4 is 5.97 Å². The van der Waals surface area contributed by atoms with E-state index < -0.39 is 12.0 Å². The Hall–Kier alpha value is -1.35. The van der Waals surface area contributed by atoms with E-state index in [0.29, 0.717) is 6.42 Å². The van der Waals surface area contributed by atoms with Gasteiger partial charge < -0.3 is 10.4 Å². The smallest absolute Gasteiger partial charge is 0.321 e. The van der Waals surface area contributed by atoms with Gasteiger partial charge in [0.05, 0.1) is 0 Å². The molecule has 0 aliphatic rings. The SMILES string of the molecule is CCCCCCN[C@@H](Cc1ccccc1)C(=O)O. The molecule has 1 aromatic rings. The van der Waals surface area contributed by atoms with Crippen LogP contribution in [-0.2, 0) is 11.2 Å². The third-order valence-corrected chi connectivity index (χ3v) is 3.00. The van der Waals surface area contributed by atoms with E-state index in [1.807, 2.05) is 30.3 Å². The number of unbranched alkanes of at least 4 members (excludes halogenated alkanes) is 3. The summed E-state index contributed by atoms with van der Waals surface area (Å²) in [5.74, 6) is -0.769. The number of nitrogens with one attached hydrogen (secondary N) is 1. The second-order valence-electron chi connectivity index (χ2n) is 4.60. The molecule has 0 saturated carbocycles. The van der Waals surface area contributed by atoms with Crippen molar-refractivity contribution in [1.82, 2.24) is 5.32 Å². The molecule has 0 saturated heterocycles. The largest absolute Gasteiger partial charge is 0.480 e. The average Bonchev–Trinajstić information content (AvgIpc) is 2.38. The summed E-state index contributed by atoms with van der Waals surface area (Å²) in [4.78, 5) is 11.2. The lowest BCUT2D eigenvalue weighted by Crippen LogP contribution is -2.39. The molecule has 1 aromatic carbocycles. The predicted molar refractivity (Wildman–Crippen MR) is 73.7 cm³/mol. The van der Waals surface area contributed by atoms with Gasteiger partial charge in [-0.05, 0) is 24.9 Å². The van der Waals surface area contributed by atoms with E-state index in [2.05, 4.69) is 12.2 Å². The molecule has 0 fully saturated rings. The Kier molecular flexibility index (Phi) is 7.11. The zero-order valence-corrected chi connectivity index (χ0v) is 11.1. The molecule has 3 nitrogen and oxygen atoms in total. The number of carbonyl (C=O) groups is 1. The van der Waals surface area contributed by atoms with Crippen LogP contribution in [0.1, 0.15) is 38.2 Å². The second kappa shape index (κ2) is 8.70. The first-order chi connectivity index (χ1) is 8.74. The van der Waals surface area contributed by atoms with E-state index in [0.717, 1.165) is 18.5 Å². The van der Waals surface area contributed by atoms with E-state index in [9.17, 15) is 9.90 Å².